The monoisotopic (exact) mass is 400 g/mol. The lowest BCUT2D eigenvalue weighted by molar-refractivity contribution is -0.141. The molecule has 3 amide bonds. The Balaban J connectivity index is 1.93. The van der Waals surface area contributed by atoms with Gasteiger partial charge in [-0.1, -0.05) is 44.2 Å². The Labute approximate surface area is 173 Å². The Morgan fingerprint density at radius 3 is 2.38 bits per heavy atom. The Morgan fingerprint density at radius 2 is 1.79 bits per heavy atom. The molecule has 158 valence electrons. The summed E-state index contributed by atoms with van der Waals surface area (Å²) >= 11 is 0. The first-order chi connectivity index (χ1) is 13.8. The molecule has 1 aliphatic rings. The van der Waals surface area contributed by atoms with Crippen LogP contribution in [0, 0.1) is 5.92 Å². The van der Waals surface area contributed by atoms with Gasteiger partial charge in [-0.05, 0) is 38.3 Å². The van der Waals surface area contributed by atoms with E-state index in [1.165, 1.54) is 10.5 Å². The van der Waals surface area contributed by atoms with Crippen molar-refractivity contribution in [1.29, 1.82) is 0 Å². The van der Waals surface area contributed by atoms with Crippen molar-refractivity contribution in [3.8, 4) is 0 Å². The van der Waals surface area contributed by atoms with Gasteiger partial charge >= 0.3 is 0 Å². The molecule has 2 rings (SSSR count). The minimum atomic E-state index is -0.680. The van der Waals surface area contributed by atoms with Crippen LogP contribution in [0.4, 0.5) is 0 Å². The number of benzene rings is 1. The standard InChI is InChI=1S/C22H32N4O3/c1-16(2)20(24-21(28)17(3)23-4)22(29)26-14-13-25(19(27)15-26)12-8-11-18-9-6-5-7-10-18/h5-7,9-10,13-14,16-17,20,23H,8,11-12,15H2,1-4H3,(H,24,28)/t17-,20-/m0/s1. The molecule has 0 fully saturated rings. The molecule has 2 N–H and O–H groups in total. The first-order valence-corrected chi connectivity index (χ1v) is 10.1. The number of hydrogen-bond donors (Lipinski definition) is 2. The Kier molecular flexibility index (Phi) is 8.39. The van der Waals surface area contributed by atoms with Crippen molar-refractivity contribution in [2.24, 2.45) is 5.92 Å². The molecular formula is C22H32N4O3. The maximum atomic E-state index is 12.9. The molecular weight excluding hydrogens is 368 g/mol. The lowest BCUT2D eigenvalue weighted by Crippen LogP contribution is -2.55. The van der Waals surface area contributed by atoms with Gasteiger partial charge in [0, 0.05) is 18.9 Å². The summed E-state index contributed by atoms with van der Waals surface area (Å²) in [6.45, 7) is 6.07. The number of nitrogens with one attached hydrogen (secondary N) is 2. The first-order valence-electron chi connectivity index (χ1n) is 10.1. The molecule has 7 nitrogen and oxygen atoms in total. The summed E-state index contributed by atoms with van der Waals surface area (Å²) in [6.07, 6.45) is 5.03. The van der Waals surface area contributed by atoms with Crippen molar-refractivity contribution in [1.82, 2.24) is 20.4 Å². The predicted octanol–water partition coefficient (Wildman–Crippen LogP) is 1.51. The molecule has 0 saturated carbocycles. The average molecular weight is 401 g/mol. The number of nitrogens with zero attached hydrogens (tertiary/aromatic N) is 2. The third-order valence-corrected chi connectivity index (χ3v) is 5.10. The number of carbonyl (C=O) groups excluding carboxylic acids is 3. The highest BCUT2D eigenvalue weighted by atomic mass is 16.2. The fourth-order valence-corrected chi connectivity index (χ4v) is 3.08. The minimum absolute atomic E-state index is 0.0126. The van der Waals surface area contributed by atoms with Crippen molar-refractivity contribution in [3.63, 3.8) is 0 Å². The van der Waals surface area contributed by atoms with Crippen LogP contribution >= 0.6 is 0 Å². The molecule has 0 saturated heterocycles. The number of amides is 3. The summed E-state index contributed by atoms with van der Waals surface area (Å²) in [6, 6.07) is 9.06. The molecule has 0 aliphatic carbocycles. The third kappa shape index (κ3) is 6.42. The van der Waals surface area contributed by atoms with E-state index in [0.29, 0.717) is 6.54 Å². The van der Waals surface area contributed by atoms with Crippen LogP contribution in [0.1, 0.15) is 32.8 Å². The molecule has 29 heavy (non-hydrogen) atoms. The molecule has 0 radical (unpaired) electrons. The molecule has 1 aliphatic heterocycles. The Hall–Kier alpha value is -2.67. The van der Waals surface area contributed by atoms with Crippen molar-refractivity contribution in [2.45, 2.75) is 45.7 Å². The van der Waals surface area contributed by atoms with E-state index in [9.17, 15) is 14.4 Å². The average Bonchev–Trinajstić information content (AvgIpc) is 2.72. The zero-order chi connectivity index (χ0) is 21.4. The lowest BCUT2D eigenvalue weighted by atomic mass is 10.0. The van der Waals surface area contributed by atoms with Gasteiger partial charge in [0.15, 0.2) is 0 Å². The zero-order valence-corrected chi connectivity index (χ0v) is 17.7. The van der Waals surface area contributed by atoms with Crippen LogP contribution in [0.3, 0.4) is 0 Å². The van der Waals surface area contributed by atoms with Gasteiger partial charge in [0.05, 0.1) is 6.04 Å². The number of hydrogen-bond acceptors (Lipinski definition) is 4. The molecule has 0 unspecified atom stereocenters. The van der Waals surface area contributed by atoms with Gasteiger partial charge in [-0.3, -0.25) is 14.4 Å². The number of rotatable bonds is 9. The summed E-state index contributed by atoms with van der Waals surface area (Å²) in [5, 5.41) is 5.65. The highest BCUT2D eigenvalue weighted by Crippen LogP contribution is 2.13. The summed E-state index contributed by atoms with van der Waals surface area (Å²) in [4.78, 5) is 40.6. The zero-order valence-electron chi connectivity index (χ0n) is 17.7. The van der Waals surface area contributed by atoms with Crippen molar-refractivity contribution < 1.29 is 14.4 Å². The maximum absolute atomic E-state index is 12.9. The van der Waals surface area contributed by atoms with E-state index < -0.39 is 12.1 Å². The van der Waals surface area contributed by atoms with Crippen LogP contribution in [-0.4, -0.2) is 59.7 Å². The van der Waals surface area contributed by atoms with Gasteiger partial charge in [0.25, 0.3) is 0 Å². The highest BCUT2D eigenvalue weighted by molar-refractivity contribution is 5.93. The van der Waals surface area contributed by atoms with E-state index in [2.05, 4.69) is 22.8 Å². The van der Waals surface area contributed by atoms with E-state index in [1.807, 2.05) is 32.0 Å². The fourth-order valence-electron chi connectivity index (χ4n) is 3.08. The number of carbonyl (C=O) groups is 3. The van der Waals surface area contributed by atoms with Gasteiger partial charge in [-0.2, -0.15) is 0 Å². The molecule has 2 atom stereocenters. The van der Waals surface area contributed by atoms with E-state index >= 15 is 0 Å². The van der Waals surface area contributed by atoms with Crippen molar-refractivity contribution in [3.05, 3.63) is 48.3 Å². The Bertz CT molecular complexity index is 733. The molecule has 0 spiro atoms. The topological polar surface area (TPSA) is 81.8 Å². The molecule has 0 bridgehead atoms. The van der Waals surface area contributed by atoms with Gasteiger partial charge in [-0.25, -0.2) is 0 Å². The summed E-state index contributed by atoms with van der Waals surface area (Å²) in [5.74, 6) is -0.728. The van der Waals surface area contributed by atoms with Gasteiger partial charge in [-0.15, -0.1) is 0 Å². The van der Waals surface area contributed by atoms with Gasteiger partial charge < -0.3 is 20.4 Å². The van der Waals surface area contributed by atoms with E-state index in [0.717, 1.165) is 12.8 Å². The highest BCUT2D eigenvalue weighted by Gasteiger charge is 2.32. The van der Waals surface area contributed by atoms with Crippen LogP contribution in [0.25, 0.3) is 0 Å². The number of likely N-dealkylation sites (N-methyl/N-ethyl adjacent to an activating group) is 1. The molecule has 0 aromatic heterocycles. The molecule has 1 aromatic rings. The summed E-state index contributed by atoms with van der Waals surface area (Å²) in [5.41, 5.74) is 1.24. The lowest BCUT2D eigenvalue weighted by Gasteiger charge is -2.32. The van der Waals surface area contributed by atoms with Crippen LogP contribution in [-0.2, 0) is 20.8 Å². The smallest absolute Gasteiger partial charge is 0.249 e. The molecule has 1 aromatic carbocycles. The first kappa shape index (κ1) is 22.6. The minimum Gasteiger partial charge on any atom is -0.343 e. The van der Waals surface area contributed by atoms with Crippen LogP contribution in [0.2, 0.25) is 0 Å². The second-order valence-electron chi connectivity index (χ2n) is 7.68. The number of aryl methyl sites for hydroxylation is 1. The van der Waals surface area contributed by atoms with Gasteiger partial charge in [0.1, 0.15) is 12.6 Å². The second kappa shape index (κ2) is 10.8. The largest absolute Gasteiger partial charge is 0.343 e. The van der Waals surface area contributed by atoms with E-state index in [-0.39, 0.29) is 30.2 Å². The maximum Gasteiger partial charge on any atom is 0.249 e. The molecule has 7 heteroatoms. The third-order valence-electron chi connectivity index (χ3n) is 5.10. The molecule has 1 heterocycles. The normalized spacial score (nSPS) is 16.1. The van der Waals surface area contributed by atoms with Crippen LogP contribution < -0.4 is 10.6 Å². The predicted molar refractivity (Wildman–Crippen MR) is 113 cm³/mol. The summed E-state index contributed by atoms with van der Waals surface area (Å²) in [7, 11) is 1.69. The fraction of sp³-hybridized carbons (Fsp3) is 0.500. The SMILES string of the molecule is CN[C@@H](C)C(=O)N[C@H](C(=O)N1C=CN(CCCc2ccccc2)C(=O)C1)C(C)C. The van der Waals surface area contributed by atoms with E-state index in [4.69, 9.17) is 0 Å². The van der Waals surface area contributed by atoms with Crippen molar-refractivity contribution >= 4 is 17.7 Å². The van der Waals surface area contributed by atoms with Gasteiger partial charge in [0.2, 0.25) is 17.7 Å². The second-order valence-corrected chi connectivity index (χ2v) is 7.68. The quantitative estimate of drug-likeness (QED) is 0.658. The van der Waals surface area contributed by atoms with Crippen molar-refractivity contribution in [2.75, 3.05) is 20.1 Å². The van der Waals surface area contributed by atoms with Crippen LogP contribution in [0.15, 0.2) is 42.7 Å². The van der Waals surface area contributed by atoms with E-state index in [1.54, 1.807) is 31.3 Å². The Morgan fingerprint density at radius 1 is 1.10 bits per heavy atom. The summed E-state index contributed by atoms with van der Waals surface area (Å²) < 4.78 is 0. The van der Waals surface area contributed by atoms with Crippen LogP contribution in [0.5, 0.6) is 0 Å².